The second kappa shape index (κ2) is 10.0. The number of anilines is 3. The molecule has 33 heavy (non-hydrogen) atoms. The Morgan fingerprint density at radius 1 is 1.18 bits per heavy atom. The number of fused-ring (bicyclic) bond motifs is 1. The average molecular weight is 456 g/mol. The molecule has 1 aromatic heterocycles. The fourth-order valence-corrected chi connectivity index (χ4v) is 4.60. The number of rotatable bonds is 7. The van der Waals surface area contributed by atoms with Crippen LogP contribution in [0, 0.1) is 5.92 Å². The quantitative estimate of drug-likeness (QED) is 0.493. The van der Waals surface area contributed by atoms with E-state index in [1.807, 2.05) is 24.3 Å². The SMILES string of the molecule is Nc1nc(NCCO)nc2c1C(=O)N(c1ccc([C@H]3CC[C@H](CC(=O)O)CC3)cc1)CCO2. The van der Waals surface area contributed by atoms with Crippen LogP contribution in [0.5, 0.6) is 5.88 Å². The minimum absolute atomic E-state index is 0.0204. The molecule has 0 atom stereocenters. The van der Waals surface area contributed by atoms with Crippen LogP contribution in [0.15, 0.2) is 24.3 Å². The molecule has 0 bridgehead atoms. The number of nitrogen functional groups attached to an aromatic ring is 1. The highest BCUT2D eigenvalue weighted by Gasteiger charge is 2.30. The van der Waals surface area contributed by atoms with Crippen LogP contribution in [-0.4, -0.2) is 58.4 Å². The van der Waals surface area contributed by atoms with Crippen LogP contribution in [0.3, 0.4) is 0 Å². The number of hydrogen-bond acceptors (Lipinski definition) is 8. The van der Waals surface area contributed by atoms with Gasteiger partial charge in [-0.1, -0.05) is 12.1 Å². The summed E-state index contributed by atoms with van der Waals surface area (Å²) in [6.07, 6.45) is 4.04. The number of benzene rings is 1. The average Bonchev–Trinajstić information content (AvgIpc) is 2.97. The number of carboxylic acids is 1. The third-order valence-corrected chi connectivity index (χ3v) is 6.30. The van der Waals surface area contributed by atoms with E-state index < -0.39 is 5.97 Å². The summed E-state index contributed by atoms with van der Waals surface area (Å²) < 4.78 is 5.69. The van der Waals surface area contributed by atoms with Gasteiger partial charge in [0.15, 0.2) is 0 Å². The number of aromatic nitrogens is 2. The number of carboxylic acid groups (broad SMARTS) is 1. The number of aliphatic carboxylic acids is 1. The Balaban J connectivity index is 1.47. The molecule has 0 radical (unpaired) electrons. The summed E-state index contributed by atoms with van der Waals surface area (Å²) in [6.45, 7) is 0.761. The fraction of sp³-hybridized carbons (Fsp3) is 0.478. The van der Waals surface area contributed by atoms with Crippen LogP contribution in [0.4, 0.5) is 17.5 Å². The van der Waals surface area contributed by atoms with Gasteiger partial charge >= 0.3 is 5.97 Å². The number of carbonyl (C=O) groups is 2. The predicted molar refractivity (Wildman–Crippen MR) is 123 cm³/mol. The molecule has 1 fully saturated rings. The molecule has 1 saturated carbocycles. The second-order valence-electron chi connectivity index (χ2n) is 8.48. The monoisotopic (exact) mass is 455 g/mol. The first-order valence-corrected chi connectivity index (χ1v) is 11.2. The van der Waals surface area contributed by atoms with E-state index in [4.69, 9.17) is 20.7 Å². The molecule has 1 aliphatic heterocycles. The molecule has 0 saturated heterocycles. The molecule has 1 amide bonds. The zero-order valence-corrected chi connectivity index (χ0v) is 18.4. The van der Waals surface area contributed by atoms with Gasteiger partial charge in [-0.2, -0.15) is 9.97 Å². The van der Waals surface area contributed by atoms with Crippen LogP contribution >= 0.6 is 0 Å². The Morgan fingerprint density at radius 2 is 1.91 bits per heavy atom. The molecule has 5 N–H and O–H groups in total. The van der Waals surface area contributed by atoms with Gasteiger partial charge in [0.2, 0.25) is 11.8 Å². The van der Waals surface area contributed by atoms with Crippen LogP contribution in [0.2, 0.25) is 0 Å². The summed E-state index contributed by atoms with van der Waals surface area (Å²) in [4.78, 5) is 34.2. The molecule has 176 valence electrons. The Bertz CT molecular complexity index is 1010. The van der Waals surface area contributed by atoms with E-state index in [0.717, 1.165) is 31.4 Å². The summed E-state index contributed by atoms with van der Waals surface area (Å²) >= 11 is 0. The van der Waals surface area contributed by atoms with E-state index in [2.05, 4.69) is 15.3 Å². The van der Waals surface area contributed by atoms with Crippen molar-refractivity contribution in [3.05, 3.63) is 35.4 Å². The largest absolute Gasteiger partial charge is 0.481 e. The summed E-state index contributed by atoms with van der Waals surface area (Å²) in [7, 11) is 0. The molecule has 0 unspecified atom stereocenters. The van der Waals surface area contributed by atoms with Gasteiger partial charge in [-0.15, -0.1) is 0 Å². The van der Waals surface area contributed by atoms with E-state index in [0.29, 0.717) is 12.5 Å². The maximum Gasteiger partial charge on any atom is 0.303 e. The Morgan fingerprint density at radius 3 is 2.58 bits per heavy atom. The van der Waals surface area contributed by atoms with Gasteiger partial charge in [0.1, 0.15) is 18.0 Å². The Kier molecular flexibility index (Phi) is 6.93. The molecular weight excluding hydrogens is 426 g/mol. The van der Waals surface area contributed by atoms with E-state index >= 15 is 0 Å². The molecule has 2 aromatic rings. The standard InChI is InChI=1S/C23H29N5O5/c24-20-19-21(27-23(26-20)25-9-11-29)33-12-10-28(22(19)32)17-7-5-16(6-8-17)15-3-1-14(2-4-15)13-18(30)31/h5-8,14-15,29H,1-4,9-13H2,(H,30,31)(H3,24,25,26,27)/t14-,15-. The zero-order chi connectivity index (χ0) is 23.4. The number of hydrogen-bond donors (Lipinski definition) is 4. The highest BCUT2D eigenvalue weighted by Crippen LogP contribution is 2.38. The molecule has 10 heteroatoms. The van der Waals surface area contributed by atoms with Crippen molar-refractivity contribution in [2.75, 3.05) is 42.3 Å². The number of aliphatic hydroxyl groups excluding tert-OH is 1. The second-order valence-corrected chi connectivity index (χ2v) is 8.48. The zero-order valence-electron chi connectivity index (χ0n) is 18.4. The van der Waals surface area contributed by atoms with Crippen molar-refractivity contribution < 1.29 is 24.5 Å². The van der Waals surface area contributed by atoms with Gasteiger partial charge in [-0.25, -0.2) is 0 Å². The first-order valence-electron chi connectivity index (χ1n) is 11.2. The van der Waals surface area contributed by atoms with Gasteiger partial charge in [0, 0.05) is 18.7 Å². The summed E-state index contributed by atoms with van der Waals surface area (Å²) in [5, 5.41) is 20.8. The normalized spacial score (nSPS) is 20.5. The van der Waals surface area contributed by atoms with Crippen LogP contribution in [-0.2, 0) is 4.79 Å². The number of amides is 1. The lowest BCUT2D eigenvalue weighted by Crippen LogP contribution is -2.32. The van der Waals surface area contributed by atoms with E-state index in [9.17, 15) is 9.59 Å². The lowest BCUT2D eigenvalue weighted by molar-refractivity contribution is -0.138. The number of aliphatic hydroxyl groups is 1. The topological polar surface area (TPSA) is 151 Å². The first kappa shape index (κ1) is 22.8. The third kappa shape index (κ3) is 5.16. The van der Waals surface area contributed by atoms with Gasteiger partial charge in [0.25, 0.3) is 5.91 Å². The predicted octanol–water partition coefficient (Wildman–Crippen LogP) is 2.25. The molecule has 4 rings (SSSR count). The van der Waals surface area contributed by atoms with Gasteiger partial charge in [0.05, 0.1) is 13.2 Å². The maximum absolute atomic E-state index is 13.3. The minimum Gasteiger partial charge on any atom is -0.481 e. The van der Waals surface area contributed by atoms with Crippen molar-refractivity contribution in [2.24, 2.45) is 5.92 Å². The number of nitrogens with zero attached hydrogens (tertiary/aromatic N) is 3. The minimum atomic E-state index is -0.723. The Labute approximate surface area is 191 Å². The number of nitrogens with one attached hydrogen (secondary N) is 1. The van der Waals surface area contributed by atoms with Crippen molar-refractivity contribution in [1.82, 2.24) is 9.97 Å². The van der Waals surface area contributed by atoms with Crippen LogP contribution < -0.4 is 20.7 Å². The van der Waals surface area contributed by atoms with Crippen molar-refractivity contribution in [3.8, 4) is 5.88 Å². The van der Waals surface area contributed by atoms with E-state index in [1.165, 1.54) is 5.56 Å². The lowest BCUT2D eigenvalue weighted by Gasteiger charge is -2.28. The lowest BCUT2D eigenvalue weighted by atomic mass is 9.77. The van der Waals surface area contributed by atoms with E-state index in [-0.39, 0.29) is 61.2 Å². The van der Waals surface area contributed by atoms with Crippen molar-refractivity contribution in [1.29, 1.82) is 0 Å². The number of nitrogens with two attached hydrogens (primary N) is 1. The molecule has 0 spiro atoms. The van der Waals surface area contributed by atoms with Crippen LogP contribution in [0.25, 0.3) is 0 Å². The van der Waals surface area contributed by atoms with Crippen LogP contribution in [0.1, 0.15) is 53.9 Å². The van der Waals surface area contributed by atoms with E-state index in [1.54, 1.807) is 4.90 Å². The molecule has 2 heterocycles. The maximum atomic E-state index is 13.3. The number of ether oxygens (including phenoxy) is 1. The molecule has 1 aromatic carbocycles. The summed E-state index contributed by atoms with van der Waals surface area (Å²) in [5.41, 5.74) is 8.13. The fourth-order valence-electron chi connectivity index (χ4n) is 4.60. The van der Waals surface area contributed by atoms with Crippen molar-refractivity contribution in [3.63, 3.8) is 0 Å². The highest BCUT2D eigenvalue weighted by atomic mass is 16.5. The molecular formula is C23H29N5O5. The van der Waals surface area contributed by atoms with Crippen molar-refractivity contribution >= 4 is 29.3 Å². The highest BCUT2D eigenvalue weighted by molar-refractivity contribution is 6.10. The van der Waals surface area contributed by atoms with Crippen molar-refractivity contribution in [2.45, 2.75) is 38.0 Å². The number of carbonyl (C=O) groups excluding carboxylic acids is 1. The molecule has 2 aliphatic rings. The summed E-state index contributed by atoms with van der Waals surface area (Å²) in [6, 6.07) is 7.93. The first-order chi connectivity index (χ1) is 16.0. The third-order valence-electron chi connectivity index (χ3n) is 6.30. The van der Waals surface area contributed by atoms with Gasteiger partial charge in [-0.05, 0) is 55.2 Å². The Hall–Kier alpha value is -3.40. The van der Waals surface area contributed by atoms with Gasteiger partial charge < -0.3 is 30.9 Å². The summed E-state index contributed by atoms with van der Waals surface area (Å²) in [5.74, 6) is -0.0299. The van der Waals surface area contributed by atoms with Gasteiger partial charge in [-0.3, -0.25) is 9.59 Å². The molecule has 1 aliphatic carbocycles. The molecule has 10 nitrogen and oxygen atoms in total. The smallest absolute Gasteiger partial charge is 0.303 e.